The second-order valence-corrected chi connectivity index (χ2v) is 6.51. The van der Waals surface area contributed by atoms with Crippen LogP contribution in [0.2, 0.25) is 0 Å². The molecule has 1 aromatic carbocycles. The van der Waals surface area contributed by atoms with Gasteiger partial charge < -0.3 is 0 Å². The molecule has 0 aliphatic carbocycles. The lowest BCUT2D eigenvalue weighted by Gasteiger charge is -2.21. The van der Waals surface area contributed by atoms with Gasteiger partial charge in [-0.3, -0.25) is 31.2 Å². The summed E-state index contributed by atoms with van der Waals surface area (Å²) in [5, 5.41) is 11.4. The Morgan fingerprint density at radius 1 is 1.12 bits per heavy atom. The third kappa shape index (κ3) is 5.67. The van der Waals surface area contributed by atoms with E-state index in [1.54, 1.807) is 0 Å². The lowest BCUT2D eigenvalue weighted by atomic mass is 10.1. The molecule has 26 heavy (non-hydrogen) atoms. The van der Waals surface area contributed by atoms with Crippen LogP contribution in [0.15, 0.2) is 36.7 Å². The molecule has 0 unspecified atom stereocenters. The van der Waals surface area contributed by atoms with Crippen LogP contribution in [0.3, 0.4) is 0 Å². The summed E-state index contributed by atoms with van der Waals surface area (Å²) in [6.45, 7) is 5.65. The van der Waals surface area contributed by atoms with Crippen molar-refractivity contribution < 1.29 is 9.72 Å². The van der Waals surface area contributed by atoms with Crippen molar-refractivity contribution in [3.8, 4) is 0 Å². The van der Waals surface area contributed by atoms with Gasteiger partial charge in [-0.15, -0.1) is 0 Å². The molecule has 0 saturated carbocycles. The average Bonchev–Trinajstić information content (AvgIpc) is 2.58. The predicted octanol–water partition coefficient (Wildman–Crippen LogP) is 1.79. The molecular formula is C16H21N7O3. The van der Waals surface area contributed by atoms with Crippen molar-refractivity contribution in [2.75, 3.05) is 10.9 Å². The van der Waals surface area contributed by atoms with Gasteiger partial charge in [0.1, 0.15) is 6.33 Å². The zero-order valence-corrected chi connectivity index (χ0v) is 14.7. The van der Waals surface area contributed by atoms with E-state index in [4.69, 9.17) is 0 Å². The standard InChI is InChI=1S/C16H21N7O3/c1-16(2,3)22-21-15-13(23(25)26)14(17-10-18-15)20-19-12(24)9-11-7-5-4-6-8-11/h4-8,10,22H,9H2,1-3H3,(H,19,24)(H2,17,18,20,21). The normalized spacial score (nSPS) is 10.9. The summed E-state index contributed by atoms with van der Waals surface area (Å²) in [6, 6.07) is 9.13. The van der Waals surface area contributed by atoms with Crippen LogP contribution in [0.25, 0.3) is 0 Å². The molecule has 2 rings (SSSR count). The minimum Gasteiger partial charge on any atom is -0.299 e. The second-order valence-electron chi connectivity index (χ2n) is 6.51. The van der Waals surface area contributed by atoms with Crippen molar-refractivity contribution in [2.45, 2.75) is 32.7 Å². The van der Waals surface area contributed by atoms with Crippen LogP contribution in [0.1, 0.15) is 26.3 Å². The largest absolute Gasteiger partial charge is 0.356 e. The number of anilines is 2. The monoisotopic (exact) mass is 359 g/mol. The summed E-state index contributed by atoms with van der Waals surface area (Å²) in [5.41, 5.74) is 10.6. The van der Waals surface area contributed by atoms with E-state index in [0.29, 0.717) is 0 Å². The minimum atomic E-state index is -0.627. The SMILES string of the molecule is CC(C)(C)NNc1ncnc(NNC(=O)Cc2ccccc2)c1[N+](=O)[O-]. The van der Waals surface area contributed by atoms with Gasteiger partial charge in [-0.2, -0.15) is 0 Å². The number of amides is 1. The number of rotatable bonds is 7. The highest BCUT2D eigenvalue weighted by molar-refractivity contribution is 5.80. The van der Waals surface area contributed by atoms with Gasteiger partial charge in [0.05, 0.1) is 11.3 Å². The predicted molar refractivity (Wildman–Crippen MR) is 97.1 cm³/mol. The van der Waals surface area contributed by atoms with E-state index in [1.807, 2.05) is 51.1 Å². The molecule has 0 spiro atoms. The number of hydrazine groups is 2. The molecule has 0 radical (unpaired) electrons. The number of hydrogen-bond donors (Lipinski definition) is 4. The topological polar surface area (TPSA) is 134 Å². The smallest absolute Gasteiger partial charge is 0.299 e. The number of benzene rings is 1. The number of nitro groups is 1. The molecule has 10 nitrogen and oxygen atoms in total. The Labute approximate surface area is 150 Å². The Balaban J connectivity index is 2.08. The Hall–Kier alpha value is -3.27. The van der Waals surface area contributed by atoms with Crippen molar-refractivity contribution in [2.24, 2.45) is 0 Å². The first-order chi connectivity index (χ1) is 12.3. The van der Waals surface area contributed by atoms with Gasteiger partial charge in [-0.05, 0) is 26.3 Å². The van der Waals surface area contributed by atoms with Crippen molar-refractivity contribution in [1.82, 2.24) is 20.8 Å². The van der Waals surface area contributed by atoms with E-state index >= 15 is 0 Å². The van der Waals surface area contributed by atoms with Crippen LogP contribution >= 0.6 is 0 Å². The molecule has 10 heteroatoms. The van der Waals surface area contributed by atoms with Gasteiger partial charge in [-0.25, -0.2) is 15.4 Å². The summed E-state index contributed by atoms with van der Waals surface area (Å²) in [5.74, 6) is -0.490. The maximum Gasteiger partial charge on any atom is 0.356 e. The summed E-state index contributed by atoms with van der Waals surface area (Å²) in [6.07, 6.45) is 1.29. The number of hydrogen-bond acceptors (Lipinski definition) is 8. The zero-order valence-electron chi connectivity index (χ0n) is 14.7. The fraction of sp³-hybridized carbons (Fsp3) is 0.312. The average molecular weight is 359 g/mol. The quantitative estimate of drug-likeness (QED) is 0.434. The van der Waals surface area contributed by atoms with E-state index in [1.165, 1.54) is 0 Å². The second kappa shape index (κ2) is 8.21. The van der Waals surface area contributed by atoms with E-state index < -0.39 is 4.92 Å². The van der Waals surface area contributed by atoms with Crippen molar-refractivity contribution in [3.05, 3.63) is 52.3 Å². The summed E-state index contributed by atoms with van der Waals surface area (Å²) in [7, 11) is 0. The summed E-state index contributed by atoms with van der Waals surface area (Å²) in [4.78, 5) is 30.5. The number of nitrogens with zero attached hydrogens (tertiary/aromatic N) is 3. The molecule has 0 aliphatic heterocycles. The molecule has 2 aromatic rings. The van der Waals surface area contributed by atoms with Crippen LogP contribution in [0.4, 0.5) is 17.3 Å². The maximum absolute atomic E-state index is 12.0. The van der Waals surface area contributed by atoms with E-state index in [-0.39, 0.29) is 35.2 Å². The van der Waals surface area contributed by atoms with Gasteiger partial charge in [0.2, 0.25) is 17.5 Å². The molecule has 0 saturated heterocycles. The van der Waals surface area contributed by atoms with Crippen molar-refractivity contribution >= 4 is 23.2 Å². The first-order valence-corrected chi connectivity index (χ1v) is 7.87. The van der Waals surface area contributed by atoms with E-state index in [9.17, 15) is 14.9 Å². The van der Waals surface area contributed by atoms with Crippen molar-refractivity contribution in [1.29, 1.82) is 0 Å². The first-order valence-electron chi connectivity index (χ1n) is 7.87. The third-order valence-corrected chi connectivity index (χ3v) is 3.09. The van der Waals surface area contributed by atoms with E-state index in [2.05, 4.69) is 31.7 Å². The van der Waals surface area contributed by atoms with Gasteiger partial charge in [0, 0.05) is 5.54 Å². The molecule has 1 aromatic heterocycles. The lowest BCUT2D eigenvalue weighted by molar-refractivity contribution is -0.383. The number of carbonyl (C=O) groups excluding carboxylic acids is 1. The molecule has 138 valence electrons. The highest BCUT2D eigenvalue weighted by Gasteiger charge is 2.24. The Morgan fingerprint density at radius 2 is 1.73 bits per heavy atom. The first kappa shape index (κ1) is 19.1. The van der Waals surface area contributed by atoms with Crippen LogP contribution in [-0.2, 0) is 11.2 Å². The number of aromatic nitrogens is 2. The highest BCUT2D eigenvalue weighted by Crippen LogP contribution is 2.28. The van der Waals surface area contributed by atoms with Crippen LogP contribution < -0.4 is 21.7 Å². The molecule has 4 N–H and O–H groups in total. The molecule has 1 heterocycles. The minimum absolute atomic E-state index is 0.0141. The third-order valence-electron chi connectivity index (χ3n) is 3.09. The number of nitrogens with one attached hydrogen (secondary N) is 4. The molecular weight excluding hydrogens is 338 g/mol. The summed E-state index contributed by atoms with van der Waals surface area (Å²) < 4.78 is 0. The van der Waals surface area contributed by atoms with Gasteiger partial charge in [0.15, 0.2) is 0 Å². The molecule has 1 amide bonds. The fourth-order valence-corrected chi connectivity index (χ4v) is 1.94. The zero-order chi connectivity index (χ0) is 19.2. The molecule has 0 atom stereocenters. The molecule has 0 bridgehead atoms. The van der Waals surface area contributed by atoms with E-state index in [0.717, 1.165) is 11.9 Å². The van der Waals surface area contributed by atoms with Gasteiger partial charge >= 0.3 is 5.69 Å². The van der Waals surface area contributed by atoms with Gasteiger partial charge in [0.25, 0.3) is 0 Å². The van der Waals surface area contributed by atoms with Crippen LogP contribution in [0, 0.1) is 10.1 Å². The number of carbonyl (C=O) groups is 1. The van der Waals surface area contributed by atoms with Gasteiger partial charge in [-0.1, -0.05) is 30.3 Å². The lowest BCUT2D eigenvalue weighted by Crippen LogP contribution is -2.40. The molecule has 0 fully saturated rings. The van der Waals surface area contributed by atoms with Crippen molar-refractivity contribution in [3.63, 3.8) is 0 Å². The van der Waals surface area contributed by atoms with Crippen LogP contribution in [-0.4, -0.2) is 26.3 Å². The maximum atomic E-state index is 12.0. The van der Waals surface area contributed by atoms with Crippen LogP contribution in [0.5, 0.6) is 0 Å². The Bertz CT molecular complexity index is 775. The molecule has 0 aliphatic rings. The summed E-state index contributed by atoms with van der Waals surface area (Å²) >= 11 is 0. The fourth-order valence-electron chi connectivity index (χ4n) is 1.94. The Morgan fingerprint density at radius 3 is 2.31 bits per heavy atom. The Kier molecular flexibility index (Phi) is 6.02. The highest BCUT2D eigenvalue weighted by atomic mass is 16.6.